The van der Waals surface area contributed by atoms with Crippen LogP contribution < -0.4 is 24.8 Å². The lowest BCUT2D eigenvalue weighted by atomic mass is 10.0. The maximum Gasteiger partial charge on any atom is 0.339 e. The molecule has 0 heterocycles. The van der Waals surface area contributed by atoms with Crippen LogP contribution in [-0.2, 0) is 0 Å². The molecular formula is C29H24F2N2O6. The van der Waals surface area contributed by atoms with E-state index in [9.17, 15) is 23.5 Å². The number of methoxy groups -OCH3 is 2. The number of carboxylic acids is 1. The highest BCUT2D eigenvalue weighted by atomic mass is 19.2. The number of hydrogen-bond acceptors (Lipinski definition) is 5. The van der Waals surface area contributed by atoms with Gasteiger partial charge in [-0.15, -0.1) is 0 Å². The van der Waals surface area contributed by atoms with Gasteiger partial charge in [0.2, 0.25) is 0 Å². The molecule has 2 amide bonds. The van der Waals surface area contributed by atoms with Gasteiger partial charge in [0.1, 0.15) is 17.4 Å². The van der Waals surface area contributed by atoms with Gasteiger partial charge in [-0.1, -0.05) is 36.4 Å². The number of halogens is 2. The highest BCUT2D eigenvalue weighted by molar-refractivity contribution is 6.01. The Balaban J connectivity index is 1.58. The van der Waals surface area contributed by atoms with Crippen LogP contribution in [0.25, 0.3) is 0 Å². The first-order valence-electron chi connectivity index (χ1n) is 11.6. The Labute approximate surface area is 222 Å². The van der Waals surface area contributed by atoms with E-state index in [0.717, 1.165) is 12.1 Å². The first-order valence-corrected chi connectivity index (χ1v) is 11.6. The predicted octanol–water partition coefficient (Wildman–Crippen LogP) is 6.49. The number of hydrogen-bond donors (Lipinski definition) is 3. The van der Waals surface area contributed by atoms with Gasteiger partial charge >= 0.3 is 12.0 Å². The molecule has 0 saturated heterocycles. The molecule has 0 bridgehead atoms. The molecule has 200 valence electrons. The summed E-state index contributed by atoms with van der Waals surface area (Å²) < 4.78 is 44.1. The number of ether oxygens (including phenoxy) is 3. The molecule has 0 saturated carbocycles. The van der Waals surface area contributed by atoms with Crippen LogP contribution in [0.4, 0.5) is 25.0 Å². The van der Waals surface area contributed by atoms with Crippen molar-refractivity contribution in [2.75, 3.05) is 24.9 Å². The number of benzene rings is 4. The Morgan fingerprint density at radius 1 is 0.718 bits per heavy atom. The summed E-state index contributed by atoms with van der Waals surface area (Å²) in [7, 11) is 2.96. The molecule has 39 heavy (non-hydrogen) atoms. The molecule has 1 atom stereocenters. The minimum atomic E-state index is -1.31. The number of urea groups is 1. The Bertz CT molecular complexity index is 1500. The highest BCUT2D eigenvalue weighted by Gasteiger charge is 2.22. The summed E-state index contributed by atoms with van der Waals surface area (Å²) in [4.78, 5) is 24.7. The topological polar surface area (TPSA) is 106 Å². The van der Waals surface area contributed by atoms with Crippen LogP contribution in [0, 0.1) is 11.6 Å². The van der Waals surface area contributed by atoms with Crippen molar-refractivity contribution in [3.63, 3.8) is 0 Å². The van der Waals surface area contributed by atoms with Crippen molar-refractivity contribution < 1.29 is 37.7 Å². The fourth-order valence-electron chi connectivity index (χ4n) is 3.84. The Morgan fingerprint density at radius 3 is 1.97 bits per heavy atom. The molecule has 4 rings (SSSR count). The van der Waals surface area contributed by atoms with E-state index in [1.54, 1.807) is 48.5 Å². The van der Waals surface area contributed by atoms with Crippen LogP contribution in [0.5, 0.6) is 17.2 Å². The fraction of sp³-hybridized carbons (Fsp3) is 0.103. The van der Waals surface area contributed by atoms with Gasteiger partial charge in [0.05, 0.1) is 14.2 Å². The third-order valence-electron chi connectivity index (χ3n) is 5.70. The van der Waals surface area contributed by atoms with E-state index in [0.29, 0.717) is 22.7 Å². The number of anilines is 2. The van der Waals surface area contributed by atoms with Crippen molar-refractivity contribution in [3.8, 4) is 17.2 Å². The SMILES string of the molecule is COc1ccc(NC(=O)Nc2ccc(OC(c3ccccc3)c3ccc(F)c(F)c3)c(C(=O)O)c2)cc1OC. The standard InChI is InChI=1S/C29H24F2N2O6/c1-37-25-13-10-20(16-26(25)38-2)33-29(36)32-19-9-12-24(21(15-19)28(34)35)39-27(17-6-4-3-5-7-17)18-8-11-22(30)23(31)14-18/h3-16,27H,1-2H3,(H,34,35)(H2,32,33,36). The number of nitrogens with one attached hydrogen (secondary N) is 2. The third kappa shape index (κ3) is 6.42. The Morgan fingerprint density at radius 2 is 1.36 bits per heavy atom. The smallest absolute Gasteiger partial charge is 0.339 e. The molecule has 4 aromatic rings. The van der Waals surface area contributed by atoms with Gasteiger partial charge in [0, 0.05) is 17.4 Å². The van der Waals surface area contributed by atoms with Gasteiger partial charge in [0.25, 0.3) is 0 Å². The number of carbonyl (C=O) groups is 2. The first-order chi connectivity index (χ1) is 18.8. The monoisotopic (exact) mass is 534 g/mol. The van der Waals surface area contributed by atoms with Gasteiger partial charge in [-0.05, 0) is 53.6 Å². The summed E-state index contributed by atoms with van der Waals surface area (Å²) in [6.07, 6.45) is -0.938. The second-order valence-corrected chi connectivity index (χ2v) is 8.25. The second-order valence-electron chi connectivity index (χ2n) is 8.25. The van der Waals surface area contributed by atoms with E-state index in [1.807, 2.05) is 0 Å². The Hall–Kier alpha value is -5.12. The molecule has 0 aromatic heterocycles. The molecule has 0 aliphatic heterocycles. The fourth-order valence-corrected chi connectivity index (χ4v) is 3.84. The lowest BCUT2D eigenvalue weighted by Crippen LogP contribution is -2.20. The van der Waals surface area contributed by atoms with Crippen LogP contribution in [0.15, 0.2) is 84.9 Å². The minimum Gasteiger partial charge on any atom is -0.493 e. The predicted molar refractivity (Wildman–Crippen MR) is 141 cm³/mol. The molecule has 4 aromatic carbocycles. The molecule has 0 fully saturated rings. The summed E-state index contributed by atoms with van der Waals surface area (Å²) in [6, 6.07) is 20.3. The quantitative estimate of drug-likeness (QED) is 0.227. The van der Waals surface area contributed by atoms with Crippen LogP contribution in [-0.4, -0.2) is 31.3 Å². The summed E-state index contributed by atoms with van der Waals surface area (Å²) in [6.45, 7) is 0. The zero-order valence-corrected chi connectivity index (χ0v) is 20.9. The number of carboxylic acid groups (broad SMARTS) is 1. The van der Waals surface area contributed by atoms with Crippen molar-refractivity contribution in [2.45, 2.75) is 6.10 Å². The van der Waals surface area contributed by atoms with Gasteiger partial charge in [-0.3, -0.25) is 0 Å². The zero-order chi connectivity index (χ0) is 27.9. The lowest BCUT2D eigenvalue weighted by Gasteiger charge is -2.22. The van der Waals surface area contributed by atoms with E-state index in [4.69, 9.17) is 14.2 Å². The molecule has 3 N–H and O–H groups in total. The number of aromatic carboxylic acids is 1. The third-order valence-corrected chi connectivity index (χ3v) is 5.70. The largest absolute Gasteiger partial charge is 0.493 e. The van der Waals surface area contributed by atoms with Gasteiger partial charge in [-0.2, -0.15) is 0 Å². The average Bonchev–Trinajstić information content (AvgIpc) is 2.94. The van der Waals surface area contributed by atoms with E-state index >= 15 is 0 Å². The van der Waals surface area contributed by atoms with Crippen molar-refractivity contribution in [3.05, 3.63) is 113 Å². The van der Waals surface area contributed by atoms with E-state index in [-0.39, 0.29) is 22.6 Å². The molecule has 8 nitrogen and oxygen atoms in total. The number of rotatable bonds is 9. The number of carbonyl (C=O) groups excluding carboxylic acids is 1. The molecule has 0 aliphatic rings. The highest BCUT2D eigenvalue weighted by Crippen LogP contribution is 2.33. The van der Waals surface area contributed by atoms with Crippen LogP contribution in [0.2, 0.25) is 0 Å². The van der Waals surface area contributed by atoms with Gasteiger partial charge < -0.3 is 30.0 Å². The van der Waals surface area contributed by atoms with Gasteiger partial charge in [0.15, 0.2) is 23.1 Å². The average molecular weight is 535 g/mol. The normalized spacial score (nSPS) is 11.3. The minimum absolute atomic E-state index is 0.0352. The van der Waals surface area contributed by atoms with Gasteiger partial charge in [-0.25, -0.2) is 18.4 Å². The first kappa shape index (κ1) is 26.9. The summed E-state index contributed by atoms with van der Waals surface area (Å²) >= 11 is 0. The molecular weight excluding hydrogens is 510 g/mol. The second kappa shape index (κ2) is 12.0. The lowest BCUT2D eigenvalue weighted by molar-refractivity contribution is 0.0690. The molecule has 0 radical (unpaired) electrons. The maximum atomic E-state index is 14.0. The van der Waals surface area contributed by atoms with Crippen molar-refractivity contribution in [1.29, 1.82) is 0 Å². The molecule has 1 unspecified atom stereocenters. The van der Waals surface area contributed by atoms with Crippen molar-refractivity contribution in [2.24, 2.45) is 0 Å². The van der Waals surface area contributed by atoms with E-state index in [2.05, 4.69) is 10.6 Å². The van der Waals surface area contributed by atoms with Crippen molar-refractivity contribution >= 4 is 23.4 Å². The van der Waals surface area contributed by atoms with E-state index in [1.165, 1.54) is 38.5 Å². The van der Waals surface area contributed by atoms with Crippen LogP contribution in [0.3, 0.4) is 0 Å². The Kier molecular flexibility index (Phi) is 8.25. The van der Waals surface area contributed by atoms with Crippen LogP contribution >= 0.6 is 0 Å². The molecule has 10 heteroatoms. The number of amides is 2. The zero-order valence-electron chi connectivity index (χ0n) is 20.9. The van der Waals surface area contributed by atoms with Crippen LogP contribution in [0.1, 0.15) is 27.6 Å². The maximum absolute atomic E-state index is 14.0. The molecule has 0 aliphatic carbocycles. The summed E-state index contributed by atoms with van der Waals surface area (Å²) in [5.41, 5.74) is 1.23. The summed E-state index contributed by atoms with van der Waals surface area (Å²) in [5, 5.41) is 15.1. The molecule has 0 spiro atoms. The summed E-state index contributed by atoms with van der Waals surface area (Å²) in [5.74, 6) is -2.52. The van der Waals surface area contributed by atoms with E-state index < -0.39 is 29.7 Å². The van der Waals surface area contributed by atoms with Crippen molar-refractivity contribution in [1.82, 2.24) is 0 Å².